The Morgan fingerprint density at radius 1 is 1.36 bits per heavy atom. The highest BCUT2D eigenvalue weighted by atomic mass is 32.2. The number of aromatic amines is 1. The third kappa shape index (κ3) is 2.56. The lowest BCUT2D eigenvalue weighted by Crippen LogP contribution is -2.44. The van der Waals surface area contributed by atoms with Gasteiger partial charge in [0.25, 0.3) is 0 Å². The van der Waals surface area contributed by atoms with Gasteiger partial charge in [-0.3, -0.25) is 0 Å². The van der Waals surface area contributed by atoms with Crippen LogP contribution in [-0.2, 0) is 19.3 Å². The molecule has 2 fully saturated rings. The van der Waals surface area contributed by atoms with Crippen molar-refractivity contribution in [1.29, 1.82) is 0 Å². The molecule has 4 heterocycles. The zero-order chi connectivity index (χ0) is 19.5. The first-order chi connectivity index (χ1) is 13.4. The summed E-state index contributed by atoms with van der Waals surface area (Å²) in [6.07, 6.45) is 6.16. The topological polar surface area (TPSA) is 92.6 Å². The number of morpholine rings is 1. The Labute approximate surface area is 163 Å². The highest BCUT2D eigenvalue weighted by molar-refractivity contribution is 7.92. The van der Waals surface area contributed by atoms with Gasteiger partial charge in [0.1, 0.15) is 16.3 Å². The molecule has 9 heteroatoms. The van der Waals surface area contributed by atoms with Gasteiger partial charge in [0.15, 0.2) is 15.5 Å². The summed E-state index contributed by atoms with van der Waals surface area (Å²) in [6.45, 7) is 4.06. The van der Waals surface area contributed by atoms with Crippen LogP contribution in [0.4, 0.5) is 5.82 Å². The van der Waals surface area contributed by atoms with Crippen LogP contribution in [0.5, 0.6) is 0 Å². The van der Waals surface area contributed by atoms with Gasteiger partial charge in [0, 0.05) is 24.6 Å². The number of sulfone groups is 1. The average Bonchev–Trinajstić information content (AvgIpc) is 3.11. The van der Waals surface area contributed by atoms with E-state index in [1.807, 2.05) is 24.4 Å². The highest BCUT2D eigenvalue weighted by Crippen LogP contribution is 2.54. The molecule has 0 spiro atoms. The normalized spacial score (nSPS) is 21.9. The number of ether oxygens (including phenoxy) is 1. The van der Waals surface area contributed by atoms with E-state index >= 15 is 0 Å². The molecular formula is C19H23N5O3S. The second kappa shape index (κ2) is 6.05. The standard InChI is InChI=1S/C19H23N5O3S/c1-13-12-27-9-8-23(13)17-10-14(19(5-6-19)28(2,25)26)18-21-11-16(24(18)22-17)15-4-3-7-20-15/h3-4,7,10-11,13,20H,5-6,8-9,12H2,1-2H3/t13-/m1/s1. The Kier molecular flexibility index (Phi) is 3.82. The molecule has 3 aromatic heterocycles. The number of nitrogens with one attached hydrogen (secondary N) is 1. The second-order valence-corrected chi connectivity index (χ2v) is 10.1. The Bertz CT molecular complexity index is 1130. The van der Waals surface area contributed by atoms with Crippen molar-refractivity contribution < 1.29 is 13.2 Å². The summed E-state index contributed by atoms with van der Waals surface area (Å²) in [5.41, 5.74) is 3.06. The number of rotatable bonds is 4. The van der Waals surface area contributed by atoms with Gasteiger partial charge >= 0.3 is 0 Å². The Morgan fingerprint density at radius 2 is 2.18 bits per heavy atom. The molecule has 28 heavy (non-hydrogen) atoms. The molecule has 0 unspecified atom stereocenters. The lowest BCUT2D eigenvalue weighted by molar-refractivity contribution is 0.0984. The van der Waals surface area contributed by atoms with E-state index in [0.717, 1.165) is 29.3 Å². The van der Waals surface area contributed by atoms with Crippen molar-refractivity contribution in [3.8, 4) is 11.4 Å². The second-order valence-electron chi connectivity index (χ2n) is 7.76. The van der Waals surface area contributed by atoms with Crippen molar-refractivity contribution in [3.05, 3.63) is 36.2 Å². The molecule has 0 amide bonds. The van der Waals surface area contributed by atoms with Crippen LogP contribution in [0.15, 0.2) is 30.6 Å². The smallest absolute Gasteiger partial charge is 0.159 e. The molecule has 5 rings (SSSR count). The molecule has 0 aromatic carbocycles. The molecule has 1 N–H and O–H groups in total. The maximum Gasteiger partial charge on any atom is 0.159 e. The minimum Gasteiger partial charge on any atom is -0.377 e. The quantitative estimate of drug-likeness (QED) is 0.719. The van der Waals surface area contributed by atoms with Crippen LogP contribution >= 0.6 is 0 Å². The van der Waals surface area contributed by atoms with E-state index in [1.54, 1.807) is 10.7 Å². The fourth-order valence-electron chi connectivity index (χ4n) is 4.13. The van der Waals surface area contributed by atoms with Gasteiger partial charge in [-0.1, -0.05) is 0 Å². The van der Waals surface area contributed by atoms with Crippen molar-refractivity contribution >= 4 is 21.3 Å². The Balaban J connectivity index is 1.76. The lowest BCUT2D eigenvalue weighted by atomic mass is 10.1. The van der Waals surface area contributed by atoms with Crippen molar-refractivity contribution in [2.75, 3.05) is 30.9 Å². The summed E-state index contributed by atoms with van der Waals surface area (Å²) in [7, 11) is -3.27. The van der Waals surface area contributed by atoms with Crippen LogP contribution in [0.2, 0.25) is 0 Å². The number of aromatic nitrogens is 4. The van der Waals surface area contributed by atoms with E-state index in [1.165, 1.54) is 6.26 Å². The number of imidazole rings is 1. The van der Waals surface area contributed by atoms with Gasteiger partial charge in [0.2, 0.25) is 0 Å². The van der Waals surface area contributed by atoms with E-state index < -0.39 is 14.6 Å². The van der Waals surface area contributed by atoms with E-state index in [4.69, 9.17) is 9.84 Å². The third-order valence-electron chi connectivity index (χ3n) is 5.90. The molecule has 0 bridgehead atoms. The molecule has 1 atom stereocenters. The molecule has 0 radical (unpaired) electrons. The van der Waals surface area contributed by atoms with Crippen LogP contribution in [0, 0.1) is 0 Å². The van der Waals surface area contributed by atoms with Crippen LogP contribution in [-0.4, -0.2) is 60.1 Å². The summed E-state index contributed by atoms with van der Waals surface area (Å²) in [5.74, 6) is 0.763. The summed E-state index contributed by atoms with van der Waals surface area (Å²) >= 11 is 0. The van der Waals surface area contributed by atoms with E-state index in [-0.39, 0.29) is 6.04 Å². The first-order valence-electron chi connectivity index (χ1n) is 9.48. The Hall–Kier alpha value is -2.39. The first kappa shape index (κ1) is 17.7. The molecule has 1 saturated heterocycles. The van der Waals surface area contributed by atoms with Crippen LogP contribution in [0.3, 0.4) is 0 Å². The van der Waals surface area contributed by atoms with E-state index in [0.29, 0.717) is 31.7 Å². The van der Waals surface area contributed by atoms with Crippen LogP contribution < -0.4 is 4.90 Å². The molecule has 1 aliphatic heterocycles. The SMILES string of the molecule is C[C@@H]1COCCN1c1cc(C2(S(C)(=O)=O)CC2)c2ncc(-c3ccc[nH]3)n2n1. The van der Waals surface area contributed by atoms with Gasteiger partial charge in [-0.15, -0.1) is 5.10 Å². The number of nitrogens with zero attached hydrogens (tertiary/aromatic N) is 4. The summed E-state index contributed by atoms with van der Waals surface area (Å²) in [5, 5.41) is 4.86. The monoisotopic (exact) mass is 401 g/mol. The predicted octanol–water partition coefficient (Wildman–Crippen LogP) is 1.98. The van der Waals surface area contributed by atoms with Crippen molar-refractivity contribution in [2.45, 2.75) is 30.6 Å². The Morgan fingerprint density at radius 3 is 2.82 bits per heavy atom. The fourth-order valence-corrected chi connectivity index (χ4v) is 5.52. The zero-order valence-corrected chi connectivity index (χ0v) is 16.7. The summed E-state index contributed by atoms with van der Waals surface area (Å²) in [4.78, 5) is 9.95. The molecule has 8 nitrogen and oxygen atoms in total. The van der Waals surface area contributed by atoms with Crippen LogP contribution in [0.1, 0.15) is 25.3 Å². The zero-order valence-electron chi connectivity index (χ0n) is 15.9. The molecular weight excluding hydrogens is 378 g/mol. The number of anilines is 1. The van der Waals surface area contributed by atoms with Crippen molar-refractivity contribution in [1.82, 2.24) is 19.6 Å². The predicted molar refractivity (Wildman–Crippen MR) is 106 cm³/mol. The molecule has 1 aliphatic carbocycles. The summed E-state index contributed by atoms with van der Waals surface area (Å²) in [6, 6.07) is 5.97. The van der Waals surface area contributed by atoms with Gasteiger partial charge in [0.05, 0.1) is 31.1 Å². The first-order valence-corrected chi connectivity index (χ1v) is 11.4. The fraction of sp³-hybridized carbons (Fsp3) is 0.474. The minimum absolute atomic E-state index is 0.164. The van der Waals surface area contributed by atoms with Crippen molar-refractivity contribution in [2.24, 2.45) is 0 Å². The molecule has 2 aliphatic rings. The van der Waals surface area contributed by atoms with E-state index in [9.17, 15) is 8.42 Å². The third-order valence-corrected chi connectivity index (χ3v) is 7.94. The molecule has 3 aromatic rings. The summed E-state index contributed by atoms with van der Waals surface area (Å²) < 4.78 is 31.8. The van der Waals surface area contributed by atoms with Gasteiger partial charge < -0.3 is 14.6 Å². The lowest BCUT2D eigenvalue weighted by Gasteiger charge is -2.34. The van der Waals surface area contributed by atoms with Crippen LogP contribution in [0.25, 0.3) is 17.0 Å². The largest absolute Gasteiger partial charge is 0.377 e. The van der Waals surface area contributed by atoms with Crippen molar-refractivity contribution in [3.63, 3.8) is 0 Å². The van der Waals surface area contributed by atoms with Gasteiger partial charge in [-0.2, -0.15) is 0 Å². The van der Waals surface area contributed by atoms with Gasteiger partial charge in [-0.25, -0.2) is 17.9 Å². The minimum atomic E-state index is -3.27. The average molecular weight is 401 g/mol. The molecule has 148 valence electrons. The van der Waals surface area contributed by atoms with Gasteiger partial charge in [-0.05, 0) is 38.0 Å². The van der Waals surface area contributed by atoms with E-state index in [2.05, 4.69) is 21.8 Å². The highest BCUT2D eigenvalue weighted by Gasteiger charge is 2.55. The number of hydrogen-bond donors (Lipinski definition) is 1. The molecule has 1 saturated carbocycles. The number of H-pyrrole nitrogens is 1. The number of fused-ring (bicyclic) bond motifs is 1. The maximum absolute atomic E-state index is 12.6. The number of hydrogen-bond acceptors (Lipinski definition) is 6. The maximum atomic E-state index is 12.6.